The van der Waals surface area contributed by atoms with Crippen LogP contribution in [0.4, 0.5) is 0 Å². The van der Waals surface area contributed by atoms with E-state index in [1.807, 2.05) is 54.6 Å². The number of fused-ring (bicyclic) bond motifs is 3. The van der Waals surface area contributed by atoms with E-state index in [9.17, 15) is 4.79 Å². The zero-order valence-corrected chi connectivity index (χ0v) is 14.7. The number of aromatic nitrogens is 1. The lowest BCUT2D eigenvalue weighted by molar-refractivity contribution is -0.139. The van der Waals surface area contributed by atoms with Crippen LogP contribution in [0.2, 0.25) is 0 Å². The number of benzene rings is 2. The van der Waals surface area contributed by atoms with Crippen LogP contribution in [0.1, 0.15) is 24.3 Å². The number of methoxy groups -OCH3 is 1. The van der Waals surface area contributed by atoms with E-state index in [0.717, 1.165) is 27.9 Å². The molecule has 1 aliphatic rings. The van der Waals surface area contributed by atoms with Crippen molar-refractivity contribution in [2.75, 3.05) is 13.7 Å². The van der Waals surface area contributed by atoms with Gasteiger partial charge in [-0.05, 0) is 42.8 Å². The highest BCUT2D eigenvalue weighted by atomic mass is 16.5. The second-order valence-corrected chi connectivity index (χ2v) is 6.10. The molecular formula is C21H20N2O3. The van der Waals surface area contributed by atoms with Crippen molar-refractivity contribution in [1.29, 1.82) is 0 Å². The summed E-state index contributed by atoms with van der Waals surface area (Å²) in [5.41, 5.74) is 3.55. The van der Waals surface area contributed by atoms with Gasteiger partial charge in [0, 0.05) is 11.1 Å². The van der Waals surface area contributed by atoms with E-state index in [0.29, 0.717) is 12.3 Å². The molecule has 2 heterocycles. The molecule has 0 saturated carbocycles. The molecule has 3 aromatic rings. The number of esters is 1. The molecule has 0 fully saturated rings. The Morgan fingerprint density at radius 1 is 1.15 bits per heavy atom. The Bertz CT molecular complexity index is 989. The Balaban J connectivity index is 1.90. The Labute approximate surface area is 151 Å². The van der Waals surface area contributed by atoms with Crippen molar-refractivity contribution in [3.63, 3.8) is 0 Å². The van der Waals surface area contributed by atoms with Crippen LogP contribution in [0.3, 0.4) is 0 Å². The van der Waals surface area contributed by atoms with Crippen LogP contribution in [0.25, 0.3) is 17.0 Å². The van der Waals surface area contributed by atoms with E-state index >= 15 is 0 Å². The molecule has 0 bridgehead atoms. The summed E-state index contributed by atoms with van der Waals surface area (Å²) >= 11 is 0. The smallest absolute Gasteiger partial charge is 0.354 e. The maximum Gasteiger partial charge on any atom is 0.354 e. The Hall–Kier alpha value is -3.21. The lowest BCUT2D eigenvalue weighted by Gasteiger charge is -2.29. The fourth-order valence-electron chi connectivity index (χ4n) is 3.36. The largest absolute Gasteiger partial charge is 0.497 e. The number of hydrogen-bond donors (Lipinski definition) is 1. The second-order valence-electron chi connectivity index (χ2n) is 6.10. The number of ether oxygens (including phenoxy) is 2. The summed E-state index contributed by atoms with van der Waals surface area (Å²) in [6.07, 6.45) is 1.64. The molecule has 132 valence electrons. The maximum absolute atomic E-state index is 12.3. The maximum atomic E-state index is 12.3. The van der Waals surface area contributed by atoms with Crippen molar-refractivity contribution >= 4 is 22.9 Å². The van der Waals surface area contributed by atoms with Crippen LogP contribution in [0, 0.1) is 0 Å². The third kappa shape index (κ3) is 2.71. The van der Waals surface area contributed by atoms with Gasteiger partial charge in [-0.15, -0.1) is 0 Å². The molecule has 1 atom stereocenters. The number of nitrogens with one attached hydrogen (secondary N) is 1. The van der Waals surface area contributed by atoms with Crippen molar-refractivity contribution in [2.45, 2.75) is 13.1 Å². The van der Waals surface area contributed by atoms with Crippen LogP contribution in [-0.4, -0.2) is 24.3 Å². The van der Waals surface area contributed by atoms with Gasteiger partial charge in [-0.2, -0.15) is 0 Å². The van der Waals surface area contributed by atoms with Gasteiger partial charge in [0.05, 0.1) is 19.2 Å². The highest BCUT2D eigenvalue weighted by molar-refractivity contribution is 5.95. The summed E-state index contributed by atoms with van der Waals surface area (Å²) in [5, 5.41) is 4.39. The van der Waals surface area contributed by atoms with E-state index in [2.05, 4.69) is 16.0 Å². The first kappa shape index (κ1) is 16.3. The molecule has 1 N–H and O–H groups in total. The first-order valence-corrected chi connectivity index (χ1v) is 8.60. The third-order valence-electron chi connectivity index (χ3n) is 4.53. The van der Waals surface area contributed by atoms with Gasteiger partial charge in [0.25, 0.3) is 0 Å². The predicted octanol–water partition coefficient (Wildman–Crippen LogP) is 3.70. The molecule has 26 heavy (non-hydrogen) atoms. The minimum atomic E-state index is -0.345. The van der Waals surface area contributed by atoms with E-state index in [-0.39, 0.29) is 12.1 Å². The van der Waals surface area contributed by atoms with Gasteiger partial charge in [0.15, 0.2) is 0 Å². The van der Waals surface area contributed by atoms with Gasteiger partial charge in [-0.1, -0.05) is 30.3 Å². The Morgan fingerprint density at radius 3 is 2.69 bits per heavy atom. The average molecular weight is 348 g/mol. The summed E-state index contributed by atoms with van der Waals surface area (Å²) < 4.78 is 12.7. The van der Waals surface area contributed by atoms with E-state index in [1.54, 1.807) is 14.0 Å². The first-order valence-electron chi connectivity index (χ1n) is 8.60. The minimum Gasteiger partial charge on any atom is -0.497 e. The monoisotopic (exact) mass is 348 g/mol. The van der Waals surface area contributed by atoms with Crippen LogP contribution in [-0.2, 0) is 9.53 Å². The fraction of sp³-hybridized carbons (Fsp3) is 0.190. The first-order chi connectivity index (χ1) is 12.7. The van der Waals surface area contributed by atoms with Gasteiger partial charge in [0.1, 0.15) is 17.6 Å². The number of hydrogen-bond acceptors (Lipinski definition) is 4. The lowest BCUT2D eigenvalue weighted by atomic mass is 10.1. The normalized spacial score (nSPS) is 15.8. The van der Waals surface area contributed by atoms with Gasteiger partial charge in [-0.3, -0.25) is 0 Å². The number of carbonyl (C=O) groups excluding carboxylic acids is 1. The molecule has 1 aromatic heterocycles. The average Bonchev–Trinajstić information content (AvgIpc) is 3.05. The van der Waals surface area contributed by atoms with Crippen LogP contribution in [0.15, 0.2) is 60.3 Å². The van der Waals surface area contributed by atoms with Gasteiger partial charge < -0.3 is 19.4 Å². The zero-order valence-electron chi connectivity index (χ0n) is 14.7. The van der Waals surface area contributed by atoms with Crippen LogP contribution >= 0.6 is 0 Å². The van der Waals surface area contributed by atoms with Crippen molar-refractivity contribution in [2.24, 2.45) is 0 Å². The molecule has 0 saturated heterocycles. The fourth-order valence-corrected chi connectivity index (χ4v) is 3.36. The number of rotatable bonds is 4. The van der Waals surface area contributed by atoms with Gasteiger partial charge >= 0.3 is 5.97 Å². The van der Waals surface area contributed by atoms with Crippen molar-refractivity contribution < 1.29 is 14.3 Å². The molecule has 0 radical (unpaired) electrons. The Morgan fingerprint density at radius 2 is 1.96 bits per heavy atom. The third-order valence-corrected chi connectivity index (χ3v) is 4.53. The molecule has 5 heteroatoms. The number of carbonyl (C=O) groups is 1. The summed E-state index contributed by atoms with van der Waals surface area (Å²) in [5.74, 6) is 0.460. The highest BCUT2D eigenvalue weighted by Gasteiger charge is 2.27. The summed E-state index contributed by atoms with van der Waals surface area (Å²) in [4.78, 5) is 12.3. The molecule has 0 aliphatic carbocycles. The second kappa shape index (κ2) is 6.59. The van der Waals surface area contributed by atoms with Crippen LogP contribution in [0.5, 0.6) is 5.75 Å². The predicted molar refractivity (Wildman–Crippen MR) is 101 cm³/mol. The van der Waals surface area contributed by atoms with Crippen molar-refractivity contribution in [3.8, 4) is 5.75 Å². The minimum absolute atomic E-state index is 0.193. The van der Waals surface area contributed by atoms with E-state index in [1.165, 1.54) is 0 Å². The van der Waals surface area contributed by atoms with Gasteiger partial charge in [-0.25, -0.2) is 4.79 Å². The van der Waals surface area contributed by atoms with Crippen molar-refractivity contribution in [1.82, 2.24) is 9.88 Å². The molecule has 5 nitrogen and oxygen atoms in total. The van der Waals surface area contributed by atoms with E-state index in [4.69, 9.17) is 9.47 Å². The topological polar surface area (TPSA) is 52.5 Å². The molecule has 0 amide bonds. The van der Waals surface area contributed by atoms with Crippen molar-refractivity contribution in [3.05, 3.63) is 71.6 Å². The zero-order chi connectivity index (χ0) is 18.1. The summed E-state index contributed by atoms with van der Waals surface area (Å²) in [7, 11) is 1.66. The molecule has 1 unspecified atom stereocenters. The summed E-state index contributed by atoms with van der Waals surface area (Å²) in [6.45, 7) is 2.15. The van der Waals surface area contributed by atoms with E-state index < -0.39 is 0 Å². The molecule has 2 aromatic carbocycles. The summed E-state index contributed by atoms with van der Waals surface area (Å²) in [6, 6.07) is 18.1. The highest BCUT2D eigenvalue weighted by Crippen LogP contribution is 2.33. The molecule has 0 spiro atoms. The molecular weight excluding hydrogens is 328 g/mol. The molecule has 1 aliphatic heterocycles. The van der Waals surface area contributed by atoms with Gasteiger partial charge in [0.2, 0.25) is 0 Å². The number of nitrogens with zero attached hydrogens (tertiary/aromatic N) is 1. The van der Waals surface area contributed by atoms with Crippen LogP contribution < -0.4 is 10.1 Å². The lowest BCUT2D eigenvalue weighted by Crippen LogP contribution is -2.34. The SMILES string of the molecule is CCOC(=O)C1=Cc2cc3cc(OC)ccc3n2C(c2ccccc2)N1. The standard InChI is InChI=1S/C21H20N2O3/c1-3-26-21(24)18-13-16-11-15-12-17(25-2)9-10-19(15)23(16)20(22-18)14-7-5-4-6-8-14/h4-13,20,22H,3H2,1-2H3. The molecule has 4 rings (SSSR count). The Kier molecular flexibility index (Phi) is 4.13. The quantitative estimate of drug-likeness (QED) is 0.731.